The van der Waals surface area contributed by atoms with Gasteiger partial charge in [0.15, 0.2) is 6.10 Å². The number of nitrogens with zero attached hydrogens (tertiary/aromatic N) is 2. The van der Waals surface area contributed by atoms with Crippen LogP contribution in [0.4, 0.5) is 5.69 Å². The summed E-state index contributed by atoms with van der Waals surface area (Å²) in [6, 6.07) is 22.2. The summed E-state index contributed by atoms with van der Waals surface area (Å²) in [4.78, 5) is 24.7. The van der Waals surface area contributed by atoms with Crippen LogP contribution in [0.5, 0.6) is 0 Å². The van der Waals surface area contributed by atoms with Gasteiger partial charge in [-0.2, -0.15) is 0 Å². The Balaban J connectivity index is 1.34. The number of H-pyrrole nitrogens is 1. The highest BCUT2D eigenvalue weighted by molar-refractivity contribution is 7.18. The lowest BCUT2D eigenvalue weighted by Crippen LogP contribution is -2.33. The second kappa shape index (κ2) is 7.92. The highest BCUT2D eigenvalue weighted by atomic mass is 32.1. The van der Waals surface area contributed by atoms with E-state index in [1.54, 1.807) is 18.2 Å². The molecule has 4 N–H and O–H groups in total. The van der Waals surface area contributed by atoms with Gasteiger partial charge in [0.1, 0.15) is 16.9 Å². The van der Waals surface area contributed by atoms with E-state index in [0.29, 0.717) is 22.0 Å². The lowest BCUT2D eigenvalue weighted by atomic mass is 10.1. The molecule has 5 rings (SSSR count). The van der Waals surface area contributed by atoms with Gasteiger partial charge in [0.2, 0.25) is 0 Å². The Hall–Kier alpha value is -3.59. The third kappa shape index (κ3) is 3.79. The maximum absolute atomic E-state index is 12.6. The molecule has 2 aromatic heterocycles. The van der Waals surface area contributed by atoms with Gasteiger partial charge >= 0.3 is 0 Å². The molecule has 5 aromatic rings. The maximum Gasteiger partial charge on any atom is 0.256 e. The fourth-order valence-corrected chi connectivity index (χ4v) is 4.33. The predicted octanol–water partition coefficient (Wildman–Crippen LogP) is 3.87. The van der Waals surface area contributed by atoms with E-state index in [9.17, 15) is 15.0 Å². The summed E-state index contributed by atoms with van der Waals surface area (Å²) in [5.74, 6) is -0.0409. The topological polar surface area (TPSA) is 111 Å². The van der Waals surface area contributed by atoms with E-state index in [1.807, 2.05) is 54.6 Å². The van der Waals surface area contributed by atoms with Crippen molar-refractivity contribution in [3.8, 4) is 11.4 Å². The number of rotatable bonds is 5. The fraction of sp³-hybridized carbons (Fsp3) is 0.0870. The zero-order chi connectivity index (χ0) is 21.4. The van der Waals surface area contributed by atoms with Gasteiger partial charge in [0.05, 0.1) is 21.3 Å². The first-order chi connectivity index (χ1) is 15.1. The molecule has 1 amide bonds. The van der Waals surface area contributed by atoms with Crippen molar-refractivity contribution in [3.05, 3.63) is 77.8 Å². The Morgan fingerprint density at radius 2 is 1.71 bits per heavy atom. The molecule has 0 aliphatic carbocycles. The number of aromatic nitrogens is 3. The second-order valence-corrected chi connectivity index (χ2v) is 8.14. The highest BCUT2D eigenvalue weighted by Crippen LogP contribution is 2.29. The zero-order valence-electron chi connectivity index (χ0n) is 16.2. The maximum atomic E-state index is 12.6. The number of fused-ring (bicyclic) bond motifs is 2. The molecule has 0 spiro atoms. The molecule has 0 saturated heterocycles. The van der Waals surface area contributed by atoms with E-state index in [1.165, 1.54) is 11.3 Å². The van der Waals surface area contributed by atoms with Gasteiger partial charge in [-0.15, -0.1) is 11.3 Å². The molecule has 31 heavy (non-hydrogen) atoms. The molecule has 3 aromatic carbocycles. The Labute approximate surface area is 181 Å². The standard InChI is InChI=1S/C23H18N4O3S/c28-19(20(29)23-27-17-10-3-4-11-18(17)31-23)22(30)24-14-7-5-6-13(12-14)21-25-15-8-1-2-9-16(15)26-21/h1-12,19-20,28-29H,(H,24,30)(H,25,26). The van der Waals surface area contributed by atoms with Crippen LogP contribution >= 0.6 is 11.3 Å². The number of para-hydroxylation sites is 3. The number of benzene rings is 3. The van der Waals surface area contributed by atoms with Gasteiger partial charge in [-0.05, 0) is 36.4 Å². The average Bonchev–Trinajstić information content (AvgIpc) is 3.42. The Morgan fingerprint density at radius 1 is 0.935 bits per heavy atom. The SMILES string of the molecule is O=C(Nc1cccc(-c2nc3ccccc3[nH]2)c1)C(O)C(O)c1nc2ccccc2s1. The van der Waals surface area contributed by atoms with Crippen molar-refractivity contribution in [2.45, 2.75) is 12.2 Å². The van der Waals surface area contributed by atoms with Crippen LogP contribution in [0.1, 0.15) is 11.1 Å². The minimum absolute atomic E-state index is 0.292. The third-order valence-electron chi connectivity index (χ3n) is 4.92. The van der Waals surface area contributed by atoms with Crippen molar-refractivity contribution in [1.29, 1.82) is 0 Å². The lowest BCUT2D eigenvalue weighted by Gasteiger charge is -2.15. The summed E-state index contributed by atoms with van der Waals surface area (Å²) in [5, 5.41) is 23.8. The number of amides is 1. The van der Waals surface area contributed by atoms with Gasteiger partial charge in [0.25, 0.3) is 5.91 Å². The van der Waals surface area contributed by atoms with Gasteiger partial charge in [-0.1, -0.05) is 36.4 Å². The number of carbonyl (C=O) groups is 1. The van der Waals surface area contributed by atoms with E-state index in [4.69, 9.17) is 0 Å². The van der Waals surface area contributed by atoms with Crippen LogP contribution in [-0.2, 0) is 4.79 Å². The number of anilines is 1. The summed E-state index contributed by atoms with van der Waals surface area (Å²) in [7, 11) is 0. The fourth-order valence-electron chi connectivity index (χ4n) is 3.34. The molecule has 7 nitrogen and oxygen atoms in total. The number of thiazole rings is 1. The molecule has 0 aliphatic heterocycles. The number of aromatic amines is 1. The Morgan fingerprint density at radius 3 is 2.52 bits per heavy atom. The second-order valence-electron chi connectivity index (χ2n) is 7.08. The summed E-state index contributed by atoms with van der Waals surface area (Å²) in [6.07, 6.45) is -3.08. The molecule has 2 atom stereocenters. The molecular formula is C23H18N4O3S. The first kappa shape index (κ1) is 19.4. The van der Waals surface area contributed by atoms with Crippen molar-refractivity contribution in [2.75, 3.05) is 5.32 Å². The minimum atomic E-state index is -1.66. The molecule has 154 valence electrons. The third-order valence-corrected chi connectivity index (χ3v) is 6.03. The van der Waals surface area contributed by atoms with Crippen molar-refractivity contribution >= 4 is 44.2 Å². The monoisotopic (exact) mass is 430 g/mol. The van der Waals surface area contributed by atoms with Gasteiger partial charge in [0, 0.05) is 11.3 Å². The zero-order valence-corrected chi connectivity index (χ0v) is 17.0. The molecular weight excluding hydrogens is 412 g/mol. The van der Waals surface area contributed by atoms with Crippen LogP contribution in [0.25, 0.3) is 32.6 Å². The number of imidazole rings is 1. The Kier molecular flexibility index (Phi) is 4.95. The van der Waals surface area contributed by atoms with E-state index in [2.05, 4.69) is 20.3 Å². The van der Waals surface area contributed by atoms with E-state index < -0.39 is 18.1 Å². The summed E-state index contributed by atoms with van der Waals surface area (Å²) >= 11 is 1.25. The number of carbonyl (C=O) groups excluding carboxylic acids is 1. The van der Waals surface area contributed by atoms with Crippen molar-refractivity contribution in [3.63, 3.8) is 0 Å². The summed E-state index contributed by atoms with van der Waals surface area (Å²) < 4.78 is 0.877. The quantitative estimate of drug-likeness (QED) is 0.338. The van der Waals surface area contributed by atoms with Crippen LogP contribution in [0.3, 0.4) is 0 Å². The predicted molar refractivity (Wildman–Crippen MR) is 121 cm³/mol. The van der Waals surface area contributed by atoms with Gasteiger partial charge in [-0.25, -0.2) is 9.97 Å². The molecule has 0 aliphatic rings. The molecule has 2 unspecified atom stereocenters. The van der Waals surface area contributed by atoms with Crippen molar-refractivity contribution in [1.82, 2.24) is 15.0 Å². The molecule has 2 heterocycles. The number of nitrogens with one attached hydrogen (secondary N) is 2. The van der Waals surface area contributed by atoms with Crippen molar-refractivity contribution < 1.29 is 15.0 Å². The number of aliphatic hydroxyl groups excluding tert-OH is 2. The largest absolute Gasteiger partial charge is 0.383 e. The molecule has 8 heteroatoms. The molecule has 0 saturated carbocycles. The minimum Gasteiger partial charge on any atom is -0.383 e. The first-order valence-corrected chi connectivity index (χ1v) is 10.5. The summed E-state index contributed by atoms with van der Waals surface area (Å²) in [6.45, 7) is 0. The number of aliphatic hydroxyl groups is 2. The van der Waals surface area contributed by atoms with Crippen LogP contribution < -0.4 is 5.32 Å². The Bertz CT molecular complexity index is 1330. The van der Waals surface area contributed by atoms with Crippen LogP contribution in [-0.4, -0.2) is 37.2 Å². The smallest absolute Gasteiger partial charge is 0.256 e. The van der Waals surface area contributed by atoms with Gasteiger partial charge < -0.3 is 20.5 Å². The summed E-state index contributed by atoms with van der Waals surface area (Å²) in [5.41, 5.74) is 3.75. The van der Waals surface area contributed by atoms with Crippen LogP contribution in [0, 0.1) is 0 Å². The molecule has 0 fully saturated rings. The lowest BCUT2D eigenvalue weighted by molar-refractivity contribution is -0.129. The van der Waals surface area contributed by atoms with E-state index in [-0.39, 0.29) is 0 Å². The van der Waals surface area contributed by atoms with E-state index >= 15 is 0 Å². The number of hydrogen-bond acceptors (Lipinski definition) is 6. The van der Waals surface area contributed by atoms with E-state index in [0.717, 1.165) is 21.3 Å². The number of hydrogen-bond donors (Lipinski definition) is 4. The van der Waals surface area contributed by atoms with Crippen LogP contribution in [0.2, 0.25) is 0 Å². The molecule has 0 radical (unpaired) electrons. The van der Waals surface area contributed by atoms with Gasteiger partial charge in [-0.3, -0.25) is 4.79 Å². The highest BCUT2D eigenvalue weighted by Gasteiger charge is 2.28. The van der Waals surface area contributed by atoms with Crippen molar-refractivity contribution in [2.24, 2.45) is 0 Å². The first-order valence-electron chi connectivity index (χ1n) is 9.66. The normalized spacial score (nSPS) is 13.4. The van der Waals surface area contributed by atoms with Crippen LogP contribution in [0.15, 0.2) is 72.8 Å². The average molecular weight is 430 g/mol. The molecule has 0 bridgehead atoms.